The molecule has 4 rings (SSSR count). The summed E-state index contributed by atoms with van der Waals surface area (Å²) in [7, 11) is 0. The number of aliphatic carboxylic acids is 1. The van der Waals surface area contributed by atoms with Crippen molar-refractivity contribution in [2.24, 2.45) is 22.2 Å². The van der Waals surface area contributed by atoms with Gasteiger partial charge >= 0.3 is 5.97 Å². The average molecular weight is 222 g/mol. The minimum absolute atomic E-state index is 0.148. The summed E-state index contributed by atoms with van der Waals surface area (Å²) in [5, 5.41) is 9.14. The summed E-state index contributed by atoms with van der Waals surface area (Å²) in [5.41, 5.74) is 1.04. The van der Waals surface area contributed by atoms with Crippen LogP contribution in [-0.2, 0) is 4.79 Å². The van der Waals surface area contributed by atoms with E-state index in [9.17, 15) is 4.79 Å². The second-order valence-corrected chi connectivity index (χ2v) is 7.70. The van der Waals surface area contributed by atoms with Crippen molar-refractivity contribution in [2.45, 2.75) is 58.8 Å². The standard InChI is InChI=1S/C14H22O2/c1-12-3-10-4-13(2,7-12)9-14(5-10,8-12)6-11(15)16/h10H,3-9H2,1-2H3,(H,15,16)/t10?,12-,13-,14?/m0/s1. The third-order valence-electron chi connectivity index (χ3n) is 5.27. The fourth-order valence-electron chi connectivity index (χ4n) is 6.20. The summed E-state index contributed by atoms with van der Waals surface area (Å²) in [6, 6.07) is 0. The lowest BCUT2D eigenvalue weighted by Crippen LogP contribution is -2.55. The molecule has 16 heavy (non-hydrogen) atoms. The van der Waals surface area contributed by atoms with Gasteiger partial charge in [-0.1, -0.05) is 13.8 Å². The third kappa shape index (κ3) is 1.49. The highest BCUT2D eigenvalue weighted by molar-refractivity contribution is 5.67. The normalized spacial score (nSPS) is 54.2. The lowest BCUT2D eigenvalue weighted by Gasteiger charge is -2.65. The van der Waals surface area contributed by atoms with Crippen LogP contribution in [0.5, 0.6) is 0 Å². The fourth-order valence-corrected chi connectivity index (χ4v) is 6.20. The molecule has 4 aliphatic carbocycles. The molecule has 0 aromatic heterocycles. The van der Waals surface area contributed by atoms with E-state index >= 15 is 0 Å². The zero-order valence-corrected chi connectivity index (χ0v) is 10.4. The maximum atomic E-state index is 11.1. The molecule has 2 nitrogen and oxygen atoms in total. The van der Waals surface area contributed by atoms with Gasteiger partial charge in [0.05, 0.1) is 6.42 Å². The van der Waals surface area contributed by atoms with E-state index in [4.69, 9.17) is 5.11 Å². The summed E-state index contributed by atoms with van der Waals surface area (Å²) in [4.78, 5) is 11.1. The molecule has 0 saturated heterocycles. The fraction of sp³-hybridized carbons (Fsp3) is 0.929. The Labute approximate surface area is 97.4 Å². The zero-order chi connectivity index (χ0) is 11.6. The summed E-state index contributed by atoms with van der Waals surface area (Å²) in [6.07, 6.45) is 7.96. The molecule has 4 fully saturated rings. The highest BCUT2D eigenvalue weighted by Crippen LogP contribution is 2.70. The molecular formula is C14H22O2. The van der Waals surface area contributed by atoms with Crippen LogP contribution in [-0.4, -0.2) is 11.1 Å². The van der Waals surface area contributed by atoms with Crippen molar-refractivity contribution in [1.29, 1.82) is 0 Å². The Hall–Kier alpha value is -0.530. The molecule has 0 heterocycles. The first kappa shape index (κ1) is 10.6. The minimum Gasteiger partial charge on any atom is -0.481 e. The van der Waals surface area contributed by atoms with E-state index in [-0.39, 0.29) is 5.41 Å². The van der Waals surface area contributed by atoms with E-state index in [1.807, 2.05) is 0 Å². The number of carbonyl (C=O) groups is 1. The molecule has 0 spiro atoms. The van der Waals surface area contributed by atoms with Gasteiger partial charge in [0.1, 0.15) is 0 Å². The maximum Gasteiger partial charge on any atom is 0.303 e. The second-order valence-electron chi connectivity index (χ2n) is 7.70. The minimum atomic E-state index is -0.589. The van der Waals surface area contributed by atoms with Crippen LogP contribution in [0.1, 0.15) is 58.8 Å². The second kappa shape index (κ2) is 2.83. The van der Waals surface area contributed by atoms with Gasteiger partial charge in [-0.3, -0.25) is 4.79 Å². The van der Waals surface area contributed by atoms with E-state index < -0.39 is 5.97 Å². The van der Waals surface area contributed by atoms with E-state index in [0.29, 0.717) is 17.3 Å². The summed E-state index contributed by atoms with van der Waals surface area (Å²) < 4.78 is 0. The monoisotopic (exact) mass is 222 g/mol. The Balaban J connectivity index is 1.95. The van der Waals surface area contributed by atoms with Crippen LogP contribution in [0.3, 0.4) is 0 Å². The van der Waals surface area contributed by atoms with Crippen molar-refractivity contribution < 1.29 is 9.90 Å². The SMILES string of the molecule is C[C@@]12CC3CC(CC(=O)O)(C1)C[C@@](C)(C3)C2. The van der Waals surface area contributed by atoms with Crippen molar-refractivity contribution in [1.82, 2.24) is 0 Å². The quantitative estimate of drug-likeness (QED) is 0.777. The van der Waals surface area contributed by atoms with Crippen molar-refractivity contribution >= 4 is 5.97 Å². The molecule has 0 radical (unpaired) electrons. The highest BCUT2D eigenvalue weighted by atomic mass is 16.4. The predicted molar refractivity (Wildman–Crippen MR) is 62.1 cm³/mol. The maximum absolute atomic E-state index is 11.1. The molecule has 0 aliphatic heterocycles. The summed E-state index contributed by atoms with van der Waals surface area (Å²) in [6.45, 7) is 4.79. The van der Waals surface area contributed by atoms with Crippen LogP contribution in [0.25, 0.3) is 0 Å². The van der Waals surface area contributed by atoms with Gasteiger partial charge in [0.25, 0.3) is 0 Å². The van der Waals surface area contributed by atoms with Crippen molar-refractivity contribution in [2.75, 3.05) is 0 Å². The molecule has 4 saturated carbocycles. The van der Waals surface area contributed by atoms with Crippen LogP contribution >= 0.6 is 0 Å². The Morgan fingerprint density at radius 1 is 1.12 bits per heavy atom. The van der Waals surface area contributed by atoms with E-state index in [2.05, 4.69) is 13.8 Å². The zero-order valence-electron chi connectivity index (χ0n) is 10.4. The predicted octanol–water partition coefficient (Wildman–Crippen LogP) is 3.46. The number of hydrogen-bond acceptors (Lipinski definition) is 1. The summed E-state index contributed by atoms with van der Waals surface area (Å²) >= 11 is 0. The van der Waals surface area contributed by atoms with Gasteiger partial charge in [-0.05, 0) is 60.7 Å². The third-order valence-corrected chi connectivity index (χ3v) is 5.27. The van der Waals surface area contributed by atoms with Crippen LogP contribution < -0.4 is 0 Å². The van der Waals surface area contributed by atoms with E-state index in [0.717, 1.165) is 5.92 Å². The highest BCUT2D eigenvalue weighted by Gasteiger charge is 2.60. The largest absolute Gasteiger partial charge is 0.481 e. The number of rotatable bonds is 2. The molecule has 4 aliphatic rings. The van der Waals surface area contributed by atoms with Gasteiger partial charge in [0.2, 0.25) is 0 Å². The van der Waals surface area contributed by atoms with E-state index in [1.54, 1.807) is 0 Å². The van der Waals surface area contributed by atoms with Gasteiger partial charge in [-0.2, -0.15) is 0 Å². The van der Waals surface area contributed by atoms with Crippen LogP contribution in [0.2, 0.25) is 0 Å². The molecule has 0 unspecified atom stereocenters. The van der Waals surface area contributed by atoms with E-state index in [1.165, 1.54) is 38.5 Å². The smallest absolute Gasteiger partial charge is 0.303 e. The average Bonchev–Trinajstić information content (AvgIpc) is 1.91. The van der Waals surface area contributed by atoms with Gasteiger partial charge in [-0.15, -0.1) is 0 Å². The van der Waals surface area contributed by atoms with Crippen LogP contribution in [0.15, 0.2) is 0 Å². The molecule has 2 atom stereocenters. The van der Waals surface area contributed by atoms with Gasteiger partial charge in [0, 0.05) is 0 Å². The number of carboxylic acids is 1. The molecule has 0 aromatic rings. The first-order valence-corrected chi connectivity index (χ1v) is 6.54. The van der Waals surface area contributed by atoms with Gasteiger partial charge < -0.3 is 5.11 Å². The molecular weight excluding hydrogens is 200 g/mol. The number of carboxylic acid groups (broad SMARTS) is 1. The Morgan fingerprint density at radius 3 is 2.12 bits per heavy atom. The van der Waals surface area contributed by atoms with Crippen LogP contribution in [0.4, 0.5) is 0 Å². The molecule has 0 amide bonds. The molecule has 1 N–H and O–H groups in total. The van der Waals surface area contributed by atoms with Crippen molar-refractivity contribution in [3.63, 3.8) is 0 Å². The first-order valence-electron chi connectivity index (χ1n) is 6.54. The Kier molecular flexibility index (Phi) is 1.88. The topological polar surface area (TPSA) is 37.3 Å². The lowest BCUT2D eigenvalue weighted by molar-refractivity contribution is -0.164. The van der Waals surface area contributed by atoms with Crippen molar-refractivity contribution in [3.05, 3.63) is 0 Å². The summed E-state index contributed by atoms with van der Waals surface area (Å²) in [5.74, 6) is 0.222. The number of hydrogen-bond donors (Lipinski definition) is 1. The molecule has 90 valence electrons. The molecule has 2 heteroatoms. The van der Waals surface area contributed by atoms with Gasteiger partial charge in [-0.25, -0.2) is 0 Å². The lowest BCUT2D eigenvalue weighted by atomic mass is 9.40. The van der Waals surface area contributed by atoms with Gasteiger partial charge in [0.15, 0.2) is 0 Å². The molecule has 0 aromatic carbocycles. The Bertz CT molecular complexity index is 329. The van der Waals surface area contributed by atoms with Crippen LogP contribution in [0, 0.1) is 22.2 Å². The Morgan fingerprint density at radius 2 is 1.69 bits per heavy atom. The van der Waals surface area contributed by atoms with Crippen molar-refractivity contribution in [3.8, 4) is 0 Å². The first-order chi connectivity index (χ1) is 7.32. The molecule has 4 bridgehead atoms.